The second-order valence-corrected chi connectivity index (χ2v) is 6.36. The Labute approximate surface area is 126 Å². The van der Waals surface area contributed by atoms with Crippen molar-refractivity contribution in [2.45, 2.75) is 17.7 Å². The van der Waals surface area contributed by atoms with Gasteiger partial charge < -0.3 is 14.8 Å². The second-order valence-electron chi connectivity index (χ2n) is 4.47. The number of rotatable bonds is 11. The van der Waals surface area contributed by atoms with Crippen molar-refractivity contribution in [1.82, 2.24) is 4.72 Å². The summed E-state index contributed by atoms with van der Waals surface area (Å²) in [7, 11) is -0.308. The minimum Gasteiger partial charge on any atom is -0.385 e. The Morgan fingerprint density at radius 1 is 1.05 bits per heavy atom. The van der Waals surface area contributed by atoms with E-state index in [4.69, 9.17) is 9.47 Å². The van der Waals surface area contributed by atoms with Gasteiger partial charge in [0.05, 0.1) is 18.1 Å². The molecule has 0 bridgehead atoms. The molecular weight excluding hydrogens is 292 g/mol. The summed E-state index contributed by atoms with van der Waals surface area (Å²) in [5.41, 5.74) is 0.908. The number of benzene rings is 1. The molecule has 0 fully saturated rings. The zero-order chi connectivity index (χ0) is 15.6. The average molecular weight is 316 g/mol. The van der Waals surface area contributed by atoms with Gasteiger partial charge in [-0.05, 0) is 44.2 Å². The molecule has 0 aromatic heterocycles. The average Bonchev–Trinajstić information content (AvgIpc) is 2.50. The largest absolute Gasteiger partial charge is 0.385 e. The third kappa shape index (κ3) is 6.90. The van der Waals surface area contributed by atoms with E-state index in [0.29, 0.717) is 13.2 Å². The molecule has 6 nitrogen and oxygen atoms in total. The van der Waals surface area contributed by atoms with Crippen LogP contribution in [0.4, 0.5) is 5.69 Å². The summed E-state index contributed by atoms with van der Waals surface area (Å²) in [6.45, 7) is 2.81. The minimum atomic E-state index is -3.36. The first-order valence-electron chi connectivity index (χ1n) is 6.94. The summed E-state index contributed by atoms with van der Waals surface area (Å²) in [5.74, 6) is 0. The Kier molecular flexibility index (Phi) is 8.29. The highest BCUT2D eigenvalue weighted by Crippen LogP contribution is 2.13. The van der Waals surface area contributed by atoms with Crippen LogP contribution in [0, 0.1) is 0 Å². The molecule has 1 rings (SSSR count). The molecule has 0 heterocycles. The topological polar surface area (TPSA) is 76.7 Å². The first-order valence-corrected chi connectivity index (χ1v) is 8.42. The maximum Gasteiger partial charge on any atom is 0.240 e. The van der Waals surface area contributed by atoms with Crippen molar-refractivity contribution in [2.75, 3.05) is 45.8 Å². The molecule has 0 atom stereocenters. The van der Waals surface area contributed by atoms with Gasteiger partial charge in [-0.15, -0.1) is 0 Å². The molecule has 120 valence electrons. The van der Waals surface area contributed by atoms with E-state index in [-0.39, 0.29) is 4.90 Å². The summed E-state index contributed by atoms with van der Waals surface area (Å²) in [5, 5.41) is 3.25. The van der Waals surface area contributed by atoms with Gasteiger partial charge >= 0.3 is 0 Å². The maximum absolute atomic E-state index is 11.6. The molecular formula is C14H24N2O4S. The molecule has 2 N–H and O–H groups in total. The number of hydrogen-bond donors (Lipinski definition) is 2. The summed E-state index contributed by atoms with van der Waals surface area (Å²) < 4.78 is 35.7. The number of ether oxygens (including phenoxy) is 2. The van der Waals surface area contributed by atoms with Crippen LogP contribution in [0.3, 0.4) is 0 Å². The van der Waals surface area contributed by atoms with Crippen LogP contribution in [-0.4, -0.2) is 48.9 Å². The lowest BCUT2D eigenvalue weighted by Crippen LogP contribution is -2.18. The third-order valence-electron chi connectivity index (χ3n) is 2.91. The first kappa shape index (κ1) is 17.9. The van der Waals surface area contributed by atoms with E-state index in [1.807, 2.05) is 0 Å². The minimum absolute atomic E-state index is 0.266. The highest BCUT2D eigenvalue weighted by atomic mass is 32.2. The van der Waals surface area contributed by atoms with Gasteiger partial charge in [-0.1, -0.05) is 0 Å². The molecule has 0 amide bonds. The number of nitrogens with one attached hydrogen (secondary N) is 2. The van der Waals surface area contributed by atoms with E-state index in [0.717, 1.165) is 31.7 Å². The first-order chi connectivity index (χ1) is 10.1. The van der Waals surface area contributed by atoms with Crippen molar-refractivity contribution in [3.8, 4) is 0 Å². The summed E-state index contributed by atoms with van der Waals surface area (Å²) in [6.07, 6.45) is 1.96. The second kappa shape index (κ2) is 9.73. The Balaban J connectivity index is 2.22. The van der Waals surface area contributed by atoms with Gasteiger partial charge in [-0.3, -0.25) is 0 Å². The summed E-state index contributed by atoms with van der Waals surface area (Å²) in [4.78, 5) is 0.266. The number of hydrogen-bond acceptors (Lipinski definition) is 5. The molecule has 0 aliphatic rings. The van der Waals surface area contributed by atoms with Crippen LogP contribution < -0.4 is 10.0 Å². The lowest BCUT2D eigenvalue weighted by Gasteiger charge is -2.08. The number of methoxy groups -OCH3 is 1. The van der Waals surface area contributed by atoms with E-state index >= 15 is 0 Å². The molecule has 0 unspecified atom stereocenters. The Bertz CT molecular complexity index is 488. The van der Waals surface area contributed by atoms with Crippen LogP contribution >= 0.6 is 0 Å². The molecule has 0 saturated heterocycles. The molecule has 7 heteroatoms. The maximum atomic E-state index is 11.6. The predicted molar refractivity (Wildman–Crippen MR) is 83.1 cm³/mol. The van der Waals surface area contributed by atoms with E-state index in [2.05, 4.69) is 10.0 Å². The van der Waals surface area contributed by atoms with Crippen LogP contribution in [0.5, 0.6) is 0 Å². The van der Waals surface area contributed by atoms with Crippen LogP contribution in [0.15, 0.2) is 29.2 Å². The van der Waals surface area contributed by atoms with E-state index in [9.17, 15) is 8.42 Å². The Hall–Kier alpha value is -1.15. The van der Waals surface area contributed by atoms with Crippen LogP contribution in [0.1, 0.15) is 12.8 Å². The van der Waals surface area contributed by atoms with Crippen LogP contribution in [0.25, 0.3) is 0 Å². The molecule has 1 aromatic carbocycles. The zero-order valence-corrected chi connectivity index (χ0v) is 13.4. The van der Waals surface area contributed by atoms with Crippen molar-refractivity contribution >= 4 is 15.7 Å². The van der Waals surface area contributed by atoms with Gasteiger partial charge in [0.1, 0.15) is 0 Å². The van der Waals surface area contributed by atoms with Crippen molar-refractivity contribution in [3.63, 3.8) is 0 Å². The molecule has 0 aliphatic carbocycles. The van der Waals surface area contributed by atoms with Gasteiger partial charge in [-0.2, -0.15) is 0 Å². The van der Waals surface area contributed by atoms with Gasteiger partial charge in [0.2, 0.25) is 10.0 Å². The highest BCUT2D eigenvalue weighted by Gasteiger charge is 2.09. The fourth-order valence-corrected chi connectivity index (χ4v) is 2.41. The monoisotopic (exact) mass is 316 g/mol. The molecule has 0 spiro atoms. The van der Waals surface area contributed by atoms with Crippen LogP contribution in [0.2, 0.25) is 0 Å². The number of anilines is 1. The van der Waals surface area contributed by atoms with Crippen molar-refractivity contribution < 1.29 is 17.9 Å². The standard InChI is InChI=1S/C14H24N2O4S/c1-15-21(17,18)14-7-5-13(6-8-14)16-9-3-4-10-20-12-11-19-2/h5-8,15-16H,3-4,9-12H2,1-2H3. The van der Waals surface area contributed by atoms with Gasteiger partial charge in [0.15, 0.2) is 0 Å². The Morgan fingerprint density at radius 3 is 2.38 bits per heavy atom. The molecule has 1 aromatic rings. The van der Waals surface area contributed by atoms with Crippen molar-refractivity contribution in [3.05, 3.63) is 24.3 Å². The fraction of sp³-hybridized carbons (Fsp3) is 0.571. The number of sulfonamides is 1. The summed E-state index contributed by atoms with van der Waals surface area (Å²) >= 11 is 0. The molecule has 0 aliphatic heterocycles. The highest BCUT2D eigenvalue weighted by molar-refractivity contribution is 7.89. The SMILES string of the molecule is CNS(=O)(=O)c1ccc(NCCCCOCCOC)cc1. The van der Waals surface area contributed by atoms with Crippen molar-refractivity contribution in [2.24, 2.45) is 0 Å². The quantitative estimate of drug-likeness (QED) is 0.604. The van der Waals surface area contributed by atoms with E-state index in [1.165, 1.54) is 7.05 Å². The zero-order valence-electron chi connectivity index (χ0n) is 12.6. The predicted octanol–water partition coefficient (Wildman–Crippen LogP) is 1.45. The third-order valence-corrected chi connectivity index (χ3v) is 4.34. The normalized spacial score (nSPS) is 11.5. The van der Waals surface area contributed by atoms with Crippen LogP contribution in [-0.2, 0) is 19.5 Å². The fourth-order valence-electron chi connectivity index (χ4n) is 1.68. The van der Waals surface area contributed by atoms with Gasteiger partial charge in [0, 0.05) is 25.9 Å². The molecule has 21 heavy (non-hydrogen) atoms. The molecule has 0 saturated carbocycles. The lowest BCUT2D eigenvalue weighted by atomic mass is 10.3. The lowest BCUT2D eigenvalue weighted by molar-refractivity contribution is 0.0691. The molecule has 0 radical (unpaired) electrons. The summed E-state index contributed by atoms with van der Waals surface area (Å²) in [6, 6.07) is 6.70. The van der Waals surface area contributed by atoms with Gasteiger partial charge in [0.25, 0.3) is 0 Å². The number of unbranched alkanes of at least 4 members (excludes halogenated alkanes) is 1. The van der Waals surface area contributed by atoms with E-state index < -0.39 is 10.0 Å². The Morgan fingerprint density at radius 2 is 1.76 bits per heavy atom. The van der Waals surface area contributed by atoms with Gasteiger partial charge in [-0.25, -0.2) is 13.1 Å². The van der Waals surface area contributed by atoms with Crippen molar-refractivity contribution in [1.29, 1.82) is 0 Å². The van der Waals surface area contributed by atoms with E-state index in [1.54, 1.807) is 31.4 Å². The smallest absolute Gasteiger partial charge is 0.240 e.